The number of nitrogens with two attached hydrogens (primary N) is 1. The fourth-order valence-corrected chi connectivity index (χ4v) is 4.37. The van der Waals surface area contributed by atoms with Crippen molar-refractivity contribution in [2.75, 3.05) is 0 Å². The zero-order valence-electron chi connectivity index (χ0n) is 13.7. The quantitative estimate of drug-likeness (QED) is 0.909. The summed E-state index contributed by atoms with van der Waals surface area (Å²) in [7, 11) is 0. The number of amides is 1. The van der Waals surface area contributed by atoms with Crippen molar-refractivity contribution in [1.29, 1.82) is 0 Å². The normalized spacial score (nSPS) is 29.2. The summed E-state index contributed by atoms with van der Waals surface area (Å²) in [6, 6.07) is 11.9. The molecule has 24 heavy (non-hydrogen) atoms. The largest absolute Gasteiger partial charge is 0.350 e. The molecule has 126 valence electrons. The van der Waals surface area contributed by atoms with Gasteiger partial charge >= 0.3 is 0 Å². The van der Waals surface area contributed by atoms with Crippen LogP contribution in [0.4, 0.5) is 0 Å². The average Bonchev–Trinajstić information content (AvgIpc) is 3.07. The van der Waals surface area contributed by atoms with Crippen molar-refractivity contribution in [3.63, 3.8) is 0 Å². The first-order chi connectivity index (χ1) is 11.7. The van der Waals surface area contributed by atoms with Crippen LogP contribution in [0.15, 0.2) is 40.9 Å². The summed E-state index contributed by atoms with van der Waals surface area (Å²) in [6.07, 6.45) is 5.57. The lowest BCUT2D eigenvalue weighted by molar-refractivity contribution is 0.0725. The Hall–Kier alpha value is -2.14. The van der Waals surface area contributed by atoms with Crippen LogP contribution in [0.2, 0.25) is 0 Å². The molecule has 0 saturated heterocycles. The second-order valence-corrected chi connectivity index (χ2v) is 7.12. The third-order valence-electron chi connectivity index (χ3n) is 5.48. The molecule has 1 amide bonds. The Morgan fingerprint density at radius 1 is 1.17 bits per heavy atom. The molecule has 2 aromatic rings. The van der Waals surface area contributed by atoms with E-state index in [9.17, 15) is 4.79 Å². The van der Waals surface area contributed by atoms with E-state index in [1.165, 1.54) is 6.42 Å². The van der Waals surface area contributed by atoms with Crippen LogP contribution in [-0.2, 0) is 0 Å². The van der Waals surface area contributed by atoms with Crippen molar-refractivity contribution < 1.29 is 9.32 Å². The van der Waals surface area contributed by atoms with Crippen LogP contribution in [0, 0.1) is 11.8 Å². The number of hydrogen-bond donors (Lipinski definition) is 2. The molecule has 5 nitrogen and oxygen atoms in total. The van der Waals surface area contributed by atoms with Gasteiger partial charge in [0.1, 0.15) is 5.69 Å². The Morgan fingerprint density at radius 3 is 2.58 bits per heavy atom. The van der Waals surface area contributed by atoms with Gasteiger partial charge in [-0.2, -0.15) is 0 Å². The fraction of sp³-hybridized carbons (Fsp3) is 0.474. The van der Waals surface area contributed by atoms with Crippen molar-refractivity contribution in [3.05, 3.63) is 42.2 Å². The molecule has 2 aliphatic carbocycles. The molecule has 2 atom stereocenters. The number of nitrogens with one attached hydrogen (secondary N) is 1. The van der Waals surface area contributed by atoms with Crippen LogP contribution in [-0.4, -0.2) is 23.1 Å². The lowest BCUT2D eigenvalue weighted by Crippen LogP contribution is -2.53. The van der Waals surface area contributed by atoms with Gasteiger partial charge in [-0.25, -0.2) is 0 Å². The van der Waals surface area contributed by atoms with Gasteiger partial charge in [0.05, 0.1) is 0 Å². The van der Waals surface area contributed by atoms with E-state index >= 15 is 0 Å². The van der Waals surface area contributed by atoms with Gasteiger partial charge in [0, 0.05) is 23.7 Å². The standard InChI is InChI=1S/C19H23N3O2/c20-15-9-13-7-4-8-14(10-15)18(13)21-19(23)17-11-16(22-24-17)12-5-2-1-3-6-12/h1-3,5-6,11,13-15,18H,4,7-10,20H2,(H,21,23). The highest BCUT2D eigenvalue weighted by Gasteiger charge is 2.40. The van der Waals surface area contributed by atoms with Crippen LogP contribution >= 0.6 is 0 Å². The average molecular weight is 325 g/mol. The van der Waals surface area contributed by atoms with E-state index in [-0.39, 0.29) is 23.8 Å². The number of benzene rings is 1. The number of hydrogen-bond acceptors (Lipinski definition) is 4. The molecule has 2 bridgehead atoms. The monoisotopic (exact) mass is 325 g/mol. The fourth-order valence-electron chi connectivity index (χ4n) is 4.37. The van der Waals surface area contributed by atoms with Gasteiger partial charge in [-0.3, -0.25) is 4.79 Å². The first-order valence-corrected chi connectivity index (χ1v) is 8.79. The Labute approximate surface area is 141 Å². The third-order valence-corrected chi connectivity index (χ3v) is 5.48. The van der Waals surface area contributed by atoms with E-state index in [0.29, 0.717) is 17.5 Å². The molecule has 2 unspecified atom stereocenters. The molecule has 1 aromatic heterocycles. The second kappa shape index (κ2) is 6.40. The summed E-state index contributed by atoms with van der Waals surface area (Å²) in [4.78, 5) is 12.6. The molecule has 2 aliphatic rings. The highest BCUT2D eigenvalue weighted by Crippen LogP contribution is 2.39. The van der Waals surface area contributed by atoms with Crippen LogP contribution in [0.5, 0.6) is 0 Å². The van der Waals surface area contributed by atoms with Crippen molar-refractivity contribution in [2.24, 2.45) is 17.6 Å². The van der Waals surface area contributed by atoms with Crippen LogP contribution in [0.25, 0.3) is 11.3 Å². The molecule has 1 aromatic carbocycles. The molecule has 3 N–H and O–H groups in total. The lowest BCUT2D eigenvalue weighted by Gasteiger charge is -2.45. The smallest absolute Gasteiger partial charge is 0.290 e. The van der Waals surface area contributed by atoms with E-state index in [1.807, 2.05) is 30.3 Å². The minimum atomic E-state index is -0.165. The minimum absolute atomic E-state index is 0.165. The maximum absolute atomic E-state index is 12.6. The minimum Gasteiger partial charge on any atom is -0.350 e. The zero-order chi connectivity index (χ0) is 16.5. The number of carbonyl (C=O) groups is 1. The van der Waals surface area contributed by atoms with Crippen molar-refractivity contribution in [2.45, 2.75) is 44.2 Å². The molecule has 2 fully saturated rings. The molecule has 0 radical (unpaired) electrons. The second-order valence-electron chi connectivity index (χ2n) is 7.12. The summed E-state index contributed by atoms with van der Waals surface area (Å²) >= 11 is 0. The van der Waals surface area contributed by atoms with Crippen LogP contribution < -0.4 is 11.1 Å². The highest BCUT2D eigenvalue weighted by molar-refractivity contribution is 5.92. The number of carbonyl (C=O) groups excluding carboxylic acids is 1. The maximum Gasteiger partial charge on any atom is 0.290 e. The Morgan fingerprint density at radius 2 is 1.88 bits per heavy atom. The predicted octanol–water partition coefficient (Wildman–Crippen LogP) is 2.98. The first-order valence-electron chi connectivity index (χ1n) is 8.79. The molecular weight excluding hydrogens is 302 g/mol. The molecule has 5 heteroatoms. The van der Waals surface area contributed by atoms with Crippen molar-refractivity contribution >= 4 is 5.91 Å². The summed E-state index contributed by atoms with van der Waals surface area (Å²) in [5.74, 6) is 1.10. The van der Waals surface area contributed by atoms with E-state index in [2.05, 4.69) is 10.5 Å². The Kier molecular flexibility index (Phi) is 4.10. The van der Waals surface area contributed by atoms with Gasteiger partial charge in [0.15, 0.2) is 0 Å². The number of aromatic nitrogens is 1. The third kappa shape index (κ3) is 2.96. The number of nitrogens with zero attached hydrogens (tertiary/aromatic N) is 1. The van der Waals surface area contributed by atoms with E-state index in [0.717, 1.165) is 31.2 Å². The summed E-state index contributed by atoms with van der Waals surface area (Å²) < 4.78 is 5.28. The zero-order valence-corrected chi connectivity index (χ0v) is 13.7. The molecule has 0 spiro atoms. The number of fused-ring (bicyclic) bond motifs is 2. The molecule has 0 aliphatic heterocycles. The number of rotatable bonds is 3. The Balaban J connectivity index is 1.48. The van der Waals surface area contributed by atoms with Gasteiger partial charge in [-0.15, -0.1) is 0 Å². The van der Waals surface area contributed by atoms with Gasteiger partial charge < -0.3 is 15.6 Å². The first kappa shape index (κ1) is 15.4. The summed E-state index contributed by atoms with van der Waals surface area (Å²) in [5, 5.41) is 7.22. The van der Waals surface area contributed by atoms with Gasteiger partial charge in [-0.1, -0.05) is 41.9 Å². The molecule has 2 saturated carbocycles. The maximum atomic E-state index is 12.6. The molecule has 1 heterocycles. The van der Waals surface area contributed by atoms with Gasteiger partial charge in [-0.05, 0) is 37.5 Å². The van der Waals surface area contributed by atoms with Crippen molar-refractivity contribution in [3.8, 4) is 11.3 Å². The van der Waals surface area contributed by atoms with E-state index in [1.54, 1.807) is 6.07 Å². The van der Waals surface area contributed by atoms with Crippen molar-refractivity contribution in [1.82, 2.24) is 10.5 Å². The molecular formula is C19H23N3O2. The van der Waals surface area contributed by atoms with E-state index in [4.69, 9.17) is 10.3 Å². The summed E-state index contributed by atoms with van der Waals surface area (Å²) in [5.41, 5.74) is 7.79. The SMILES string of the molecule is NC1CC2CCCC(C1)C2NC(=O)c1cc(-c2ccccc2)no1. The predicted molar refractivity (Wildman–Crippen MR) is 91.2 cm³/mol. The topological polar surface area (TPSA) is 81.1 Å². The van der Waals surface area contributed by atoms with Crippen LogP contribution in [0.1, 0.15) is 42.7 Å². The van der Waals surface area contributed by atoms with Crippen LogP contribution in [0.3, 0.4) is 0 Å². The lowest BCUT2D eigenvalue weighted by atomic mass is 9.67. The van der Waals surface area contributed by atoms with E-state index < -0.39 is 0 Å². The van der Waals surface area contributed by atoms with Gasteiger partial charge in [0.25, 0.3) is 5.91 Å². The Bertz CT molecular complexity index is 698. The summed E-state index contributed by atoms with van der Waals surface area (Å²) in [6.45, 7) is 0. The highest BCUT2D eigenvalue weighted by atomic mass is 16.5. The molecule has 4 rings (SSSR count). The van der Waals surface area contributed by atoms with Gasteiger partial charge in [0.2, 0.25) is 5.76 Å².